The maximum absolute atomic E-state index is 13.8. The van der Waals surface area contributed by atoms with Gasteiger partial charge in [-0.15, -0.1) is 16.5 Å². The Kier molecular flexibility index (Phi) is 12.6. The van der Waals surface area contributed by atoms with Crippen molar-refractivity contribution in [2.75, 3.05) is 0 Å². The summed E-state index contributed by atoms with van der Waals surface area (Å²) in [7, 11) is 0. The third kappa shape index (κ3) is 9.23. The number of carbonyl (C=O) groups excluding carboxylic acids is 4. The number of carbonyl (C=O) groups is 4. The number of aldehydes is 1. The molecular formula is C38H41NO9S2. The minimum Gasteiger partial charge on any atom is -0.598 e. The first-order chi connectivity index (χ1) is 24.0. The number of fused-ring (bicyclic) bond motifs is 2. The van der Waals surface area contributed by atoms with Gasteiger partial charge in [0.05, 0.1) is 28.0 Å². The van der Waals surface area contributed by atoms with Crippen LogP contribution in [0.3, 0.4) is 0 Å². The molecule has 1 fully saturated rings. The average Bonchev–Trinajstić information content (AvgIpc) is 3.12. The van der Waals surface area contributed by atoms with Gasteiger partial charge in [0.1, 0.15) is 22.6 Å². The highest BCUT2D eigenvalue weighted by Crippen LogP contribution is 2.40. The van der Waals surface area contributed by atoms with Gasteiger partial charge in [0.2, 0.25) is 0 Å². The molecule has 264 valence electrons. The fourth-order valence-corrected chi connectivity index (χ4v) is 7.70. The SMILES string of the molecule is C[C@@H]1/C=C\C[C@@H](C=O)S[C@H]2O[C@H]([C@@H]1N[S+]([O-])C(C)(C)C)[C@H](OC(=O)c1ccccc1)[C@H](OC(=O)c1ccccc1)[C@H]2OC(=O)c1ccccc1. The summed E-state index contributed by atoms with van der Waals surface area (Å²) >= 11 is -0.510. The van der Waals surface area contributed by atoms with Crippen molar-refractivity contribution in [3.05, 3.63) is 120 Å². The van der Waals surface area contributed by atoms with Gasteiger partial charge < -0.3 is 28.3 Å². The second-order valence-electron chi connectivity index (χ2n) is 13.0. The lowest BCUT2D eigenvalue weighted by Gasteiger charge is -2.48. The van der Waals surface area contributed by atoms with Crippen LogP contribution in [0.5, 0.6) is 0 Å². The van der Waals surface area contributed by atoms with Crippen LogP contribution in [-0.4, -0.2) is 74.6 Å². The van der Waals surface area contributed by atoms with Gasteiger partial charge in [0.15, 0.2) is 18.3 Å². The van der Waals surface area contributed by atoms with Crippen molar-refractivity contribution in [1.29, 1.82) is 0 Å². The minimum absolute atomic E-state index is 0.215. The molecule has 5 rings (SSSR count). The topological polar surface area (TPSA) is 140 Å². The van der Waals surface area contributed by atoms with Crippen LogP contribution in [0.1, 0.15) is 65.2 Å². The third-order valence-electron chi connectivity index (χ3n) is 8.28. The molecule has 0 aliphatic carbocycles. The fraction of sp³-hybridized carbons (Fsp3) is 0.368. The van der Waals surface area contributed by atoms with E-state index in [9.17, 15) is 23.7 Å². The lowest BCUT2D eigenvalue weighted by atomic mass is 9.87. The molecule has 1 N–H and O–H groups in total. The minimum atomic E-state index is -1.62. The highest BCUT2D eigenvalue weighted by molar-refractivity contribution is 8.01. The molecule has 9 atom stereocenters. The maximum atomic E-state index is 13.8. The molecule has 3 aromatic carbocycles. The Balaban J connectivity index is 1.67. The normalized spacial score (nSPS) is 27.9. The summed E-state index contributed by atoms with van der Waals surface area (Å²) in [5.41, 5.74) is -0.400. The Labute approximate surface area is 299 Å². The molecule has 2 bridgehead atoms. The van der Waals surface area contributed by atoms with Crippen LogP contribution >= 0.6 is 11.8 Å². The van der Waals surface area contributed by atoms with Crippen LogP contribution in [0.15, 0.2) is 103 Å². The number of esters is 3. The number of rotatable bonds is 9. The number of hydrogen-bond acceptors (Lipinski definition) is 11. The summed E-state index contributed by atoms with van der Waals surface area (Å²) in [5, 5.41) is -0.621. The number of ether oxygens (including phenoxy) is 4. The van der Waals surface area contributed by atoms with E-state index in [1.165, 1.54) is 0 Å². The molecule has 2 aliphatic heterocycles. The summed E-state index contributed by atoms with van der Waals surface area (Å²) in [4.78, 5) is 53.6. The number of nitrogens with one attached hydrogen (secondary N) is 1. The molecule has 2 aliphatic rings. The maximum Gasteiger partial charge on any atom is 0.338 e. The van der Waals surface area contributed by atoms with E-state index in [2.05, 4.69) is 4.72 Å². The van der Waals surface area contributed by atoms with E-state index < -0.39 is 75.2 Å². The fourth-order valence-electron chi connectivity index (χ4n) is 5.56. The van der Waals surface area contributed by atoms with Crippen molar-refractivity contribution >= 4 is 47.3 Å². The third-order valence-corrected chi connectivity index (χ3v) is 11.2. The van der Waals surface area contributed by atoms with Crippen molar-refractivity contribution in [3.8, 4) is 0 Å². The Morgan fingerprint density at radius 3 is 1.72 bits per heavy atom. The standard InChI is InChI=1S/C38H41NO9S2/c1-24-15-14-22-28(23-40)49-37-33(47-36(43)27-20-12-7-13-21-27)32(46-35(42)26-18-10-6-11-19-26)31(45-34(41)25-16-8-5-9-17-25)30(48-37)29(24)39-50(44)38(2,3)4/h5-21,23-24,28-33,37,39H,22H2,1-4H3/b15-14-/t24-,28+,29-,30-,31+,32+,33-,37-,50?/m1/s1. The van der Waals surface area contributed by atoms with Crippen molar-refractivity contribution in [3.63, 3.8) is 0 Å². The zero-order valence-corrected chi connectivity index (χ0v) is 29.8. The highest BCUT2D eigenvalue weighted by atomic mass is 32.2. The van der Waals surface area contributed by atoms with Gasteiger partial charge in [-0.3, -0.25) is 0 Å². The van der Waals surface area contributed by atoms with E-state index in [0.29, 0.717) is 6.42 Å². The Morgan fingerprint density at radius 1 is 0.800 bits per heavy atom. The Hall–Kier alpha value is -3.94. The molecule has 2 heterocycles. The van der Waals surface area contributed by atoms with Crippen molar-refractivity contribution < 1.29 is 42.7 Å². The highest BCUT2D eigenvalue weighted by Gasteiger charge is 2.57. The van der Waals surface area contributed by atoms with Gasteiger partial charge in [0, 0.05) is 11.4 Å². The van der Waals surface area contributed by atoms with Gasteiger partial charge in [-0.2, -0.15) is 0 Å². The second-order valence-corrected chi connectivity index (χ2v) is 16.4. The molecule has 3 aromatic rings. The van der Waals surface area contributed by atoms with Crippen LogP contribution in [0, 0.1) is 5.92 Å². The van der Waals surface area contributed by atoms with Crippen molar-refractivity contribution in [2.45, 2.75) is 80.0 Å². The van der Waals surface area contributed by atoms with Gasteiger partial charge in [-0.1, -0.05) is 73.7 Å². The first-order valence-electron chi connectivity index (χ1n) is 16.3. The van der Waals surface area contributed by atoms with Crippen LogP contribution in [0.4, 0.5) is 0 Å². The zero-order valence-electron chi connectivity index (χ0n) is 28.2. The average molecular weight is 720 g/mol. The summed E-state index contributed by atoms with van der Waals surface area (Å²) in [5.74, 6) is -2.60. The second kappa shape index (κ2) is 16.8. The van der Waals surface area contributed by atoms with E-state index in [-0.39, 0.29) is 22.6 Å². The molecule has 10 nitrogen and oxygen atoms in total. The molecule has 12 heteroatoms. The molecular weight excluding hydrogens is 679 g/mol. The molecule has 0 spiro atoms. The Morgan fingerprint density at radius 2 is 1.26 bits per heavy atom. The summed E-state index contributed by atoms with van der Waals surface area (Å²) in [6.07, 6.45) is -0.368. The smallest absolute Gasteiger partial charge is 0.338 e. The molecule has 0 amide bonds. The lowest BCUT2D eigenvalue weighted by Crippen LogP contribution is -2.67. The first-order valence-corrected chi connectivity index (χ1v) is 18.4. The van der Waals surface area contributed by atoms with Crippen molar-refractivity contribution in [1.82, 2.24) is 4.72 Å². The molecule has 0 aromatic heterocycles. The Bertz CT molecular complexity index is 1630. The van der Waals surface area contributed by atoms with Gasteiger partial charge in [-0.25, -0.2) is 14.4 Å². The zero-order chi connectivity index (χ0) is 35.8. The van der Waals surface area contributed by atoms with Crippen LogP contribution in [0.25, 0.3) is 0 Å². The van der Waals surface area contributed by atoms with E-state index in [0.717, 1.165) is 18.0 Å². The molecule has 50 heavy (non-hydrogen) atoms. The van der Waals surface area contributed by atoms with E-state index in [1.807, 2.05) is 39.8 Å². The molecule has 1 saturated heterocycles. The summed E-state index contributed by atoms with van der Waals surface area (Å²) in [6, 6.07) is 24.1. The van der Waals surface area contributed by atoms with Gasteiger partial charge in [0.25, 0.3) is 0 Å². The number of hydrogen-bond donors (Lipinski definition) is 1. The quantitative estimate of drug-likeness (QED) is 0.0957. The van der Waals surface area contributed by atoms with E-state index in [4.69, 9.17) is 18.9 Å². The van der Waals surface area contributed by atoms with Crippen LogP contribution in [-0.2, 0) is 35.1 Å². The number of thioether (sulfide) groups is 1. The monoisotopic (exact) mass is 719 g/mol. The largest absolute Gasteiger partial charge is 0.598 e. The van der Waals surface area contributed by atoms with Gasteiger partial charge in [-0.05, 0) is 69.5 Å². The predicted molar refractivity (Wildman–Crippen MR) is 191 cm³/mol. The summed E-state index contributed by atoms with van der Waals surface area (Å²) in [6.45, 7) is 7.35. The number of allylic oxidation sites excluding steroid dienone is 1. The van der Waals surface area contributed by atoms with Crippen LogP contribution in [0.2, 0.25) is 0 Å². The van der Waals surface area contributed by atoms with Crippen LogP contribution < -0.4 is 4.72 Å². The van der Waals surface area contributed by atoms with Crippen molar-refractivity contribution in [2.24, 2.45) is 5.92 Å². The van der Waals surface area contributed by atoms with E-state index in [1.54, 1.807) is 91.0 Å². The first kappa shape index (κ1) is 37.3. The number of benzene rings is 3. The lowest BCUT2D eigenvalue weighted by molar-refractivity contribution is -0.207. The summed E-state index contributed by atoms with van der Waals surface area (Å²) < 4.78 is 41.5. The van der Waals surface area contributed by atoms with E-state index >= 15 is 0 Å². The van der Waals surface area contributed by atoms with Gasteiger partial charge >= 0.3 is 17.9 Å². The predicted octanol–water partition coefficient (Wildman–Crippen LogP) is 5.71. The molecule has 1 unspecified atom stereocenters. The molecule has 0 saturated carbocycles. The molecule has 0 radical (unpaired) electrons.